The van der Waals surface area contributed by atoms with E-state index < -0.39 is 17.7 Å². The van der Waals surface area contributed by atoms with Crippen LogP contribution in [0.2, 0.25) is 0 Å². The van der Waals surface area contributed by atoms with Crippen LogP contribution in [0.1, 0.15) is 58.3 Å². The number of amides is 2. The van der Waals surface area contributed by atoms with Gasteiger partial charge in [-0.3, -0.25) is 14.4 Å². The first-order chi connectivity index (χ1) is 13.3. The fourth-order valence-electron chi connectivity index (χ4n) is 5.21. The first kappa shape index (κ1) is 20.3. The molecule has 1 heterocycles. The Morgan fingerprint density at radius 3 is 2.57 bits per heavy atom. The van der Waals surface area contributed by atoms with E-state index in [4.69, 9.17) is 21.2 Å². The predicted octanol–water partition coefficient (Wildman–Crippen LogP) is 1.48. The van der Waals surface area contributed by atoms with Crippen LogP contribution in [0.25, 0.3) is 0 Å². The molecule has 5 fully saturated rings. The summed E-state index contributed by atoms with van der Waals surface area (Å²) in [5.74, 6) is -0.264. The maximum Gasteiger partial charge on any atom is 0.251 e. The van der Waals surface area contributed by atoms with Gasteiger partial charge in [0.05, 0.1) is 11.5 Å². The van der Waals surface area contributed by atoms with E-state index in [-0.39, 0.29) is 48.1 Å². The molecule has 3 N–H and O–H groups in total. The first-order valence-corrected chi connectivity index (χ1v) is 10.7. The van der Waals surface area contributed by atoms with Gasteiger partial charge in [-0.15, -0.1) is 11.6 Å². The molecule has 5 atom stereocenters. The average molecular weight is 418 g/mol. The number of hydrogen-bond donors (Lipinski definition) is 3. The van der Waals surface area contributed by atoms with E-state index in [9.17, 15) is 14.0 Å². The fraction of sp³-hybridized carbons (Fsp3) is 0.895. The van der Waals surface area contributed by atoms with Crippen LogP contribution in [0.5, 0.6) is 0 Å². The summed E-state index contributed by atoms with van der Waals surface area (Å²) in [5, 5.41) is 5.76. The Balaban J connectivity index is 1.20. The Morgan fingerprint density at radius 1 is 1.21 bits per heavy atom. The standard InChI is InChI=1S/C19H29ClFN3O4/c1-11-6-15(28-24-11)17(26)23-19-5-4-18(9-19,10-19)22-16(25)8-27-12-2-3-13(20)14(21)7-12/h11-15,24H,2-10H2,1H3,(H,22,25)(H,23,26). The van der Waals surface area contributed by atoms with Crippen LogP contribution >= 0.6 is 11.6 Å². The lowest BCUT2D eigenvalue weighted by atomic mass is 9.71. The SMILES string of the molecule is CC1CC(C(=O)NC23CCC(NC(=O)COC4CCC(Cl)C(F)C4)(C2)C3)ON1. The van der Waals surface area contributed by atoms with Crippen LogP contribution in [0.3, 0.4) is 0 Å². The smallest absolute Gasteiger partial charge is 0.251 e. The largest absolute Gasteiger partial charge is 0.368 e. The van der Waals surface area contributed by atoms with Crippen LogP contribution in [-0.4, -0.2) is 59.3 Å². The second kappa shape index (κ2) is 7.70. The molecular formula is C19H29ClFN3O4. The Bertz CT molecular complexity index is 630. The monoisotopic (exact) mass is 417 g/mol. The highest BCUT2D eigenvalue weighted by atomic mass is 35.5. The van der Waals surface area contributed by atoms with Gasteiger partial charge in [-0.25, -0.2) is 4.39 Å². The van der Waals surface area contributed by atoms with Crippen molar-refractivity contribution in [2.75, 3.05) is 6.61 Å². The summed E-state index contributed by atoms with van der Waals surface area (Å²) in [4.78, 5) is 30.0. The van der Waals surface area contributed by atoms with Crippen molar-refractivity contribution in [2.24, 2.45) is 0 Å². The van der Waals surface area contributed by atoms with E-state index in [0.717, 1.165) is 25.7 Å². The number of hydrogen-bond acceptors (Lipinski definition) is 5. The maximum absolute atomic E-state index is 13.7. The lowest BCUT2D eigenvalue weighted by Crippen LogP contribution is -2.65. The topological polar surface area (TPSA) is 88.7 Å². The molecule has 5 rings (SSSR count). The van der Waals surface area contributed by atoms with Gasteiger partial charge < -0.3 is 15.4 Å². The zero-order valence-electron chi connectivity index (χ0n) is 16.1. The van der Waals surface area contributed by atoms with Crippen molar-refractivity contribution in [2.45, 2.75) is 99.2 Å². The molecule has 9 heteroatoms. The summed E-state index contributed by atoms with van der Waals surface area (Å²) >= 11 is 5.88. The number of nitrogens with one attached hydrogen (secondary N) is 3. The van der Waals surface area contributed by atoms with Crippen molar-refractivity contribution in [1.82, 2.24) is 16.1 Å². The predicted molar refractivity (Wildman–Crippen MR) is 100 cm³/mol. The molecule has 1 aliphatic heterocycles. The van der Waals surface area contributed by atoms with Crippen molar-refractivity contribution in [3.05, 3.63) is 0 Å². The lowest BCUT2D eigenvalue weighted by molar-refractivity contribution is -0.137. The minimum absolute atomic E-state index is 0.0646. The van der Waals surface area contributed by atoms with Gasteiger partial charge in [0.2, 0.25) is 5.91 Å². The van der Waals surface area contributed by atoms with Gasteiger partial charge in [-0.1, -0.05) is 0 Å². The highest BCUT2D eigenvalue weighted by molar-refractivity contribution is 6.21. The quantitative estimate of drug-likeness (QED) is 0.570. The highest BCUT2D eigenvalue weighted by Gasteiger charge is 2.62. The molecule has 7 nitrogen and oxygen atoms in total. The van der Waals surface area contributed by atoms with Gasteiger partial charge in [0.15, 0.2) is 6.10 Å². The molecule has 0 spiro atoms. The van der Waals surface area contributed by atoms with Crippen LogP contribution in [0.15, 0.2) is 0 Å². The average Bonchev–Trinajstić information content (AvgIpc) is 3.29. The Labute approximate surface area is 169 Å². The summed E-state index contributed by atoms with van der Waals surface area (Å²) in [6.07, 6.45) is 3.53. The normalized spacial score (nSPS) is 44.8. The van der Waals surface area contributed by atoms with Gasteiger partial charge in [-0.05, 0) is 45.4 Å². The maximum atomic E-state index is 13.7. The molecule has 0 radical (unpaired) electrons. The molecule has 5 unspecified atom stereocenters. The van der Waals surface area contributed by atoms with E-state index >= 15 is 0 Å². The minimum Gasteiger partial charge on any atom is -0.368 e. The van der Waals surface area contributed by atoms with E-state index in [1.165, 1.54) is 0 Å². The van der Waals surface area contributed by atoms with Crippen molar-refractivity contribution in [3.8, 4) is 0 Å². The van der Waals surface area contributed by atoms with E-state index in [0.29, 0.717) is 19.3 Å². The summed E-state index contributed by atoms with van der Waals surface area (Å²) < 4.78 is 19.3. The number of fused-ring (bicyclic) bond motifs is 1. The number of hydroxylamine groups is 1. The number of alkyl halides is 2. The highest BCUT2D eigenvalue weighted by Crippen LogP contribution is 2.55. The van der Waals surface area contributed by atoms with Crippen LogP contribution in [-0.2, 0) is 19.2 Å². The molecule has 158 valence electrons. The number of halogens is 2. The molecule has 1 saturated heterocycles. The summed E-state index contributed by atoms with van der Waals surface area (Å²) in [6, 6.07) is 0.170. The third-order valence-corrected chi connectivity index (χ3v) is 7.09. The van der Waals surface area contributed by atoms with Crippen LogP contribution in [0, 0.1) is 0 Å². The molecule has 0 aromatic rings. The van der Waals surface area contributed by atoms with E-state index in [2.05, 4.69) is 16.1 Å². The van der Waals surface area contributed by atoms with E-state index in [1.54, 1.807) is 0 Å². The number of carbonyl (C=O) groups excluding carboxylic acids is 2. The minimum atomic E-state index is -1.07. The Morgan fingerprint density at radius 2 is 1.93 bits per heavy atom. The molecule has 0 aromatic carbocycles. The molecule has 0 aromatic heterocycles. The molecule has 4 aliphatic carbocycles. The third kappa shape index (κ3) is 4.15. The second-order valence-corrected chi connectivity index (χ2v) is 9.65. The van der Waals surface area contributed by atoms with E-state index in [1.807, 2.05) is 6.92 Å². The van der Waals surface area contributed by atoms with Crippen molar-refractivity contribution < 1.29 is 23.6 Å². The molecule has 5 aliphatic rings. The lowest BCUT2D eigenvalue weighted by Gasteiger charge is -2.48. The van der Waals surface area contributed by atoms with Crippen LogP contribution < -0.4 is 16.1 Å². The van der Waals surface area contributed by atoms with Gasteiger partial charge in [0, 0.05) is 30.0 Å². The number of ether oxygens (including phenoxy) is 1. The summed E-state index contributed by atoms with van der Waals surface area (Å²) in [6.45, 7) is 1.91. The zero-order valence-corrected chi connectivity index (χ0v) is 16.9. The van der Waals surface area contributed by atoms with Gasteiger partial charge in [0.1, 0.15) is 12.8 Å². The van der Waals surface area contributed by atoms with Gasteiger partial charge >= 0.3 is 0 Å². The summed E-state index contributed by atoms with van der Waals surface area (Å²) in [7, 11) is 0. The summed E-state index contributed by atoms with van der Waals surface area (Å²) in [5.41, 5.74) is 2.32. The van der Waals surface area contributed by atoms with Crippen LogP contribution in [0.4, 0.5) is 4.39 Å². The molecule has 28 heavy (non-hydrogen) atoms. The number of carbonyl (C=O) groups is 2. The fourth-order valence-corrected chi connectivity index (χ4v) is 5.44. The first-order valence-electron chi connectivity index (χ1n) is 10.2. The van der Waals surface area contributed by atoms with Gasteiger partial charge in [-0.2, -0.15) is 5.48 Å². The second-order valence-electron chi connectivity index (χ2n) is 9.09. The Hall–Kier alpha value is -0.960. The van der Waals surface area contributed by atoms with Crippen molar-refractivity contribution in [1.29, 1.82) is 0 Å². The Kier molecular flexibility index (Phi) is 5.59. The molecule has 2 bridgehead atoms. The van der Waals surface area contributed by atoms with Crippen molar-refractivity contribution >= 4 is 23.4 Å². The molecular weight excluding hydrogens is 389 g/mol. The van der Waals surface area contributed by atoms with Crippen molar-refractivity contribution in [3.63, 3.8) is 0 Å². The third-order valence-electron chi connectivity index (χ3n) is 6.60. The number of rotatable bonds is 6. The van der Waals surface area contributed by atoms with Gasteiger partial charge in [0.25, 0.3) is 5.91 Å². The zero-order chi connectivity index (χ0) is 19.9. The molecule has 4 saturated carbocycles. The molecule has 2 amide bonds.